The number of phenolic OH excluding ortho intramolecular Hbond substituents is 1. The molecule has 8 atom stereocenters. The molecule has 0 saturated carbocycles. The molecule has 2 aromatic rings. The van der Waals surface area contributed by atoms with E-state index in [0.29, 0.717) is 36.9 Å². The molecule has 2 saturated heterocycles. The van der Waals surface area contributed by atoms with E-state index in [2.05, 4.69) is 37.2 Å². The van der Waals surface area contributed by atoms with Crippen LogP contribution in [0.5, 0.6) is 5.75 Å². The van der Waals surface area contributed by atoms with Crippen LogP contribution in [0.1, 0.15) is 69.4 Å². The molecule has 2 aromatic carbocycles. The fraction of sp³-hybridized carbons (Fsp3) is 0.500. The lowest BCUT2D eigenvalue weighted by Gasteiger charge is -2.31. The van der Waals surface area contributed by atoms with Crippen molar-refractivity contribution in [3.8, 4) is 5.75 Å². The Balaban J connectivity index is 0.00000376. The first-order valence-corrected chi connectivity index (χ1v) is 26.9. The minimum Gasteiger partial charge on any atom is -0.508 e. The van der Waals surface area contributed by atoms with Crippen LogP contribution in [0.3, 0.4) is 0 Å². The largest absolute Gasteiger partial charge is 0.508 e. The van der Waals surface area contributed by atoms with Gasteiger partial charge in [0, 0.05) is 44.2 Å². The molecule has 422 valence electrons. The van der Waals surface area contributed by atoms with E-state index in [0.717, 1.165) is 28.5 Å². The van der Waals surface area contributed by atoms with Crippen molar-refractivity contribution in [1.29, 1.82) is 0 Å². The number of rotatable bonds is 19. The van der Waals surface area contributed by atoms with Crippen molar-refractivity contribution in [3.63, 3.8) is 0 Å². The number of carbonyl (C=O) groups excluding carboxylic acids is 11. The Kier molecular flexibility index (Phi) is 27.2. The monoisotopic (exact) mass is 1120 g/mol. The van der Waals surface area contributed by atoms with E-state index < -0.39 is 145 Å². The first-order valence-electron chi connectivity index (χ1n) is 24.5. The second-order valence-corrected chi connectivity index (χ2v) is 20.5. The summed E-state index contributed by atoms with van der Waals surface area (Å²) in [6.45, 7) is 0.936. The number of carboxylic acids is 1. The highest BCUT2D eigenvalue weighted by atomic mass is 33.1. The summed E-state index contributed by atoms with van der Waals surface area (Å²) in [4.78, 5) is 158. The van der Waals surface area contributed by atoms with Crippen molar-refractivity contribution >= 4 is 92.5 Å². The fourth-order valence-corrected chi connectivity index (χ4v) is 10.1. The number of nitrogens with two attached hydrogens (primary N) is 5. The number of amides is 11. The van der Waals surface area contributed by atoms with Gasteiger partial charge in [0.2, 0.25) is 65.0 Å². The van der Waals surface area contributed by atoms with Crippen molar-refractivity contribution in [2.75, 3.05) is 31.1 Å². The standard InChI is InChI=1S/C46H65N13O12S2.C2H4O2/c47-17-5-4-9-29(40(65)52-22-38(51)63)54-45(70)35-10-6-18-59(35)46(71)34-24-73-72-23-28(48)39(64)55-31(20-26-11-13-27(60)14-12-26)43(68)56-32(19-25-7-2-1-3-8-25)42(67)53-30(15-16-36(49)61)41(66)57-33(21-37(50)62)44(69)58-34;1-2(3)4/h1-3,7-8,11-14,28-35,60H,4-6,9-10,15-24,47-48H2,(H2,49,61)(H2,50,62)(H2,51,63)(H,52,65)(H,53,67)(H,54,70)(H,55,64)(H,56,68)(H,57,66)(H,58,69);1H3,(H,3,4)/t28-,29-,30-,31?,32?,33?,34-,35-;/m0./s1. The third-order valence-corrected chi connectivity index (χ3v) is 14.1. The van der Waals surface area contributed by atoms with Crippen LogP contribution in [-0.2, 0) is 70.4 Å². The average molecular weight is 1120 g/mol. The first kappa shape index (κ1) is 63.8. The molecule has 77 heavy (non-hydrogen) atoms. The van der Waals surface area contributed by atoms with Crippen LogP contribution < -0.4 is 65.9 Å². The Hall–Kier alpha value is -7.50. The molecule has 0 bridgehead atoms. The number of nitrogens with one attached hydrogen (secondary N) is 7. The summed E-state index contributed by atoms with van der Waals surface area (Å²) in [6, 6.07) is 3.09. The van der Waals surface area contributed by atoms with E-state index in [1.54, 1.807) is 30.3 Å². The van der Waals surface area contributed by atoms with Crippen molar-refractivity contribution in [3.05, 3.63) is 65.7 Å². The number of nitrogens with zero attached hydrogens (tertiary/aromatic N) is 1. The van der Waals surface area contributed by atoms with Gasteiger partial charge in [-0.3, -0.25) is 57.5 Å². The molecule has 27 nitrogen and oxygen atoms in total. The highest BCUT2D eigenvalue weighted by molar-refractivity contribution is 8.76. The quantitative estimate of drug-likeness (QED) is 0.0468. The number of carbonyl (C=O) groups is 12. The molecular weight excluding hydrogens is 1050 g/mol. The van der Waals surface area contributed by atoms with Gasteiger partial charge in [-0.05, 0) is 68.3 Å². The lowest BCUT2D eigenvalue weighted by Crippen LogP contribution is -2.61. The molecule has 2 heterocycles. The van der Waals surface area contributed by atoms with Crippen LogP contribution >= 0.6 is 21.6 Å². The molecule has 2 fully saturated rings. The third kappa shape index (κ3) is 23.1. The van der Waals surface area contributed by atoms with Gasteiger partial charge < -0.3 is 81.0 Å². The Morgan fingerprint density at radius 3 is 1.84 bits per heavy atom. The number of phenols is 1. The summed E-state index contributed by atoms with van der Waals surface area (Å²) in [6.07, 6.45) is -0.386. The van der Waals surface area contributed by atoms with E-state index in [-0.39, 0.29) is 49.5 Å². The van der Waals surface area contributed by atoms with Gasteiger partial charge in [0.15, 0.2) is 0 Å². The minimum absolute atomic E-state index is 0.0324. The lowest BCUT2D eigenvalue weighted by atomic mass is 10.0. The Labute approximate surface area is 451 Å². The highest BCUT2D eigenvalue weighted by Gasteiger charge is 2.40. The molecule has 29 heteroatoms. The Morgan fingerprint density at radius 1 is 0.714 bits per heavy atom. The summed E-state index contributed by atoms with van der Waals surface area (Å²) in [5, 5.41) is 35.2. The molecule has 11 amide bonds. The SMILES string of the molecule is CC(=O)O.NCCCC[C@H](NC(=O)[C@@H]1CCCN1C(=O)[C@@H]1CSSC[C@H](N)C(=O)NC(Cc2ccc(O)cc2)C(=O)NC(Cc2ccccc2)C(=O)N[C@@H](CCC(N)=O)C(=O)NC(CC(N)=O)C(=O)N1)C(=O)NCC(N)=O. The minimum atomic E-state index is -1.78. The van der Waals surface area contributed by atoms with Gasteiger partial charge in [0.1, 0.15) is 48.0 Å². The van der Waals surface area contributed by atoms with Gasteiger partial charge in [-0.1, -0.05) is 64.1 Å². The van der Waals surface area contributed by atoms with Crippen molar-refractivity contribution in [1.82, 2.24) is 42.1 Å². The summed E-state index contributed by atoms with van der Waals surface area (Å²) in [7, 11) is 2.02. The van der Waals surface area contributed by atoms with E-state index in [1.807, 2.05) is 0 Å². The van der Waals surface area contributed by atoms with Gasteiger partial charge in [-0.2, -0.15) is 0 Å². The Morgan fingerprint density at radius 2 is 1.26 bits per heavy atom. The molecule has 0 spiro atoms. The van der Waals surface area contributed by atoms with Crippen LogP contribution in [-0.4, -0.2) is 166 Å². The van der Waals surface area contributed by atoms with Gasteiger partial charge >= 0.3 is 0 Å². The maximum Gasteiger partial charge on any atom is 0.300 e. The highest BCUT2D eigenvalue weighted by Crippen LogP contribution is 2.26. The van der Waals surface area contributed by atoms with Crippen molar-refractivity contribution in [2.24, 2.45) is 28.7 Å². The molecule has 19 N–H and O–H groups in total. The van der Waals surface area contributed by atoms with Gasteiger partial charge in [0.25, 0.3) is 5.97 Å². The van der Waals surface area contributed by atoms with Crippen molar-refractivity contribution in [2.45, 2.75) is 119 Å². The van der Waals surface area contributed by atoms with Crippen LogP contribution in [0.15, 0.2) is 54.6 Å². The van der Waals surface area contributed by atoms with Gasteiger partial charge in [0.05, 0.1) is 19.0 Å². The number of primary amides is 3. The molecule has 2 aliphatic heterocycles. The van der Waals surface area contributed by atoms with E-state index in [4.69, 9.17) is 38.6 Å². The second-order valence-electron chi connectivity index (χ2n) is 18.0. The number of likely N-dealkylation sites (tertiary alicyclic amines) is 1. The molecular formula is C48H69N13O14S2. The van der Waals surface area contributed by atoms with Gasteiger partial charge in [-0.25, -0.2) is 0 Å². The Bertz CT molecular complexity index is 2400. The van der Waals surface area contributed by atoms with Crippen LogP contribution in [0, 0.1) is 0 Å². The molecule has 0 aromatic heterocycles. The maximum atomic E-state index is 14.6. The predicted octanol–water partition coefficient (Wildman–Crippen LogP) is -4.24. The summed E-state index contributed by atoms with van der Waals surface area (Å²) < 4.78 is 0. The van der Waals surface area contributed by atoms with E-state index in [1.165, 1.54) is 29.2 Å². The average Bonchev–Trinajstić information content (AvgIpc) is 3.87. The predicted molar refractivity (Wildman–Crippen MR) is 282 cm³/mol. The van der Waals surface area contributed by atoms with Crippen LogP contribution in [0.25, 0.3) is 0 Å². The number of aliphatic carboxylic acids is 1. The van der Waals surface area contributed by atoms with Crippen molar-refractivity contribution < 1.29 is 67.7 Å². The number of hydrogen-bond acceptors (Lipinski definition) is 17. The smallest absolute Gasteiger partial charge is 0.300 e. The topological polar surface area (TPSA) is 463 Å². The summed E-state index contributed by atoms with van der Waals surface area (Å²) >= 11 is 0. The molecule has 3 unspecified atom stereocenters. The number of unbranched alkanes of at least 4 members (excludes halogenated alkanes) is 1. The number of benzene rings is 2. The van der Waals surface area contributed by atoms with E-state index >= 15 is 0 Å². The molecule has 4 rings (SSSR count). The van der Waals surface area contributed by atoms with Crippen LogP contribution in [0.2, 0.25) is 0 Å². The molecule has 2 aliphatic rings. The first-order chi connectivity index (χ1) is 36.5. The normalized spacial score (nSPS) is 22.1. The number of carboxylic acid groups (broad SMARTS) is 1. The zero-order valence-electron chi connectivity index (χ0n) is 42.4. The zero-order chi connectivity index (χ0) is 57.2. The third-order valence-electron chi connectivity index (χ3n) is 11.6. The van der Waals surface area contributed by atoms with Gasteiger partial charge in [-0.15, -0.1) is 0 Å². The zero-order valence-corrected chi connectivity index (χ0v) is 44.0. The molecule has 0 aliphatic carbocycles. The fourth-order valence-electron chi connectivity index (χ4n) is 7.79. The second kappa shape index (κ2) is 32.8. The number of aromatic hydroxyl groups is 1. The molecule has 0 radical (unpaired) electrons. The van der Waals surface area contributed by atoms with Crippen LogP contribution in [0.4, 0.5) is 0 Å². The summed E-state index contributed by atoms with van der Waals surface area (Å²) in [5.74, 6) is -10.8. The van der Waals surface area contributed by atoms with E-state index in [9.17, 15) is 57.8 Å². The summed E-state index contributed by atoms with van der Waals surface area (Å²) in [5.41, 5.74) is 29.2. The maximum absolute atomic E-state index is 14.6. The lowest BCUT2D eigenvalue weighted by molar-refractivity contribution is -0.142. The number of hydrogen-bond donors (Lipinski definition) is 14.